The van der Waals surface area contributed by atoms with E-state index in [0.29, 0.717) is 22.3 Å². The smallest absolute Gasteiger partial charge is 0.288 e. The van der Waals surface area contributed by atoms with Crippen molar-refractivity contribution in [3.05, 3.63) is 68.7 Å². The van der Waals surface area contributed by atoms with Crippen molar-refractivity contribution in [2.75, 3.05) is 5.32 Å². The van der Waals surface area contributed by atoms with Crippen LogP contribution in [0, 0.1) is 10.1 Å². The summed E-state index contributed by atoms with van der Waals surface area (Å²) in [5.74, 6) is 0.463. The van der Waals surface area contributed by atoms with Crippen LogP contribution in [0.25, 0.3) is 0 Å². The molecular formula is C18H19ClN4O2S. The third-order valence-electron chi connectivity index (χ3n) is 3.72. The molecule has 26 heavy (non-hydrogen) atoms. The summed E-state index contributed by atoms with van der Waals surface area (Å²) in [4.78, 5) is 10.4. The van der Waals surface area contributed by atoms with Gasteiger partial charge in [0.05, 0.1) is 10.6 Å². The fourth-order valence-corrected chi connectivity index (χ4v) is 2.54. The second-order valence-corrected chi connectivity index (χ2v) is 6.78. The molecule has 0 saturated carbocycles. The fraction of sp³-hybridized carbons (Fsp3) is 0.222. The van der Waals surface area contributed by atoms with Crippen LogP contribution in [0.2, 0.25) is 5.02 Å². The standard InChI is InChI=1S/C18H19ClN4O2S/c1-11(2)13-4-7-15(8-5-13)20-18(26)22-21-12(3)14-6-9-16(19)17(10-14)23(24)25/h4-11H,1-3H3,(H2,20,22,26)/b21-12+. The summed E-state index contributed by atoms with van der Waals surface area (Å²) in [5, 5.41) is 18.6. The van der Waals surface area contributed by atoms with E-state index in [1.165, 1.54) is 17.7 Å². The van der Waals surface area contributed by atoms with Gasteiger partial charge >= 0.3 is 0 Å². The highest BCUT2D eigenvalue weighted by atomic mass is 35.5. The lowest BCUT2D eigenvalue weighted by Gasteiger charge is -2.10. The summed E-state index contributed by atoms with van der Waals surface area (Å²) in [6, 6.07) is 12.5. The third-order valence-corrected chi connectivity index (χ3v) is 4.23. The van der Waals surface area contributed by atoms with Gasteiger partial charge in [-0.05, 0) is 48.8 Å². The van der Waals surface area contributed by atoms with Gasteiger partial charge in [-0.1, -0.05) is 43.6 Å². The average Bonchev–Trinajstić information content (AvgIpc) is 2.60. The van der Waals surface area contributed by atoms with E-state index in [1.807, 2.05) is 24.3 Å². The predicted molar refractivity (Wildman–Crippen MR) is 110 cm³/mol. The van der Waals surface area contributed by atoms with Crippen LogP contribution in [0.1, 0.15) is 37.8 Å². The number of hydrogen-bond donors (Lipinski definition) is 2. The summed E-state index contributed by atoms with van der Waals surface area (Å²) < 4.78 is 0. The van der Waals surface area contributed by atoms with Gasteiger partial charge in [0.2, 0.25) is 0 Å². The highest BCUT2D eigenvalue weighted by Crippen LogP contribution is 2.25. The predicted octanol–water partition coefficient (Wildman–Crippen LogP) is 5.08. The van der Waals surface area contributed by atoms with E-state index >= 15 is 0 Å². The first kappa shape index (κ1) is 19.8. The van der Waals surface area contributed by atoms with Gasteiger partial charge in [0.1, 0.15) is 5.02 Å². The van der Waals surface area contributed by atoms with Gasteiger partial charge in [0.25, 0.3) is 5.69 Å². The minimum atomic E-state index is -0.528. The zero-order valence-corrected chi connectivity index (χ0v) is 16.2. The number of rotatable bonds is 5. The molecular weight excluding hydrogens is 372 g/mol. The lowest BCUT2D eigenvalue weighted by molar-refractivity contribution is -0.384. The molecule has 0 bridgehead atoms. The molecule has 0 atom stereocenters. The number of benzene rings is 2. The van der Waals surface area contributed by atoms with Gasteiger partial charge in [0, 0.05) is 17.3 Å². The second-order valence-electron chi connectivity index (χ2n) is 5.96. The van der Waals surface area contributed by atoms with Crippen LogP contribution < -0.4 is 10.7 Å². The highest BCUT2D eigenvalue weighted by Gasteiger charge is 2.13. The van der Waals surface area contributed by atoms with E-state index in [0.717, 1.165) is 5.69 Å². The summed E-state index contributed by atoms with van der Waals surface area (Å²) in [6.07, 6.45) is 0. The number of nitro benzene ring substituents is 1. The molecule has 136 valence electrons. The molecule has 0 heterocycles. The van der Waals surface area contributed by atoms with Crippen LogP contribution in [-0.4, -0.2) is 15.7 Å². The molecule has 8 heteroatoms. The Morgan fingerprint density at radius 1 is 1.23 bits per heavy atom. The molecule has 0 radical (unpaired) electrons. The van der Waals surface area contributed by atoms with Gasteiger partial charge in [-0.25, -0.2) is 0 Å². The molecule has 0 spiro atoms. The van der Waals surface area contributed by atoms with Crippen molar-refractivity contribution in [2.24, 2.45) is 5.10 Å². The Morgan fingerprint density at radius 2 is 1.88 bits per heavy atom. The topological polar surface area (TPSA) is 79.6 Å². The Bertz CT molecular complexity index is 851. The van der Waals surface area contributed by atoms with E-state index in [2.05, 4.69) is 29.7 Å². The average molecular weight is 391 g/mol. The molecule has 0 amide bonds. The molecule has 0 fully saturated rings. The Hall–Kier alpha value is -2.51. The Kier molecular flexibility index (Phi) is 6.65. The molecule has 2 rings (SSSR count). The monoisotopic (exact) mass is 390 g/mol. The van der Waals surface area contributed by atoms with Gasteiger partial charge in [0.15, 0.2) is 5.11 Å². The van der Waals surface area contributed by atoms with E-state index < -0.39 is 4.92 Å². The zero-order chi connectivity index (χ0) is 19.3. The first-order valence-corrected chi connectivity index (χ1v) is 8.72. The number of hydrogen-bond acceptors (Lipinski definition) is 4. The Labute approximate surface area is 162 Å². The SMILES string of the molecule is C/C(=N\NC(=S)Nc1ccc(C(C)C)cc1)c1ccc(Cl)c([N+](=O)[O-])c1. The number of halogens is 1. The minimum absolute atomic E-state index is 0.0848. The minimum Gasteiger partial charge on any atom is -0.331 e. The molecule has 0 saturated heterocycles. The maximum absolute atomic E-state index is 11.0. The van der Waals surface area contributed by atoms with Gasteiger partial charge in [-0.2, -0.15) is 5.10 Å². The first-order chi connectivity index (χ1) is 12.3. The van der Waals surface area contributed by atoms with E-state index in [-0.39, 0.29) is 10.7 Å². The summed E-state index contributed by atoms with van der Waals surface area (Å²) in [5.41, 5.74) is 5.79. The van der Waals surface area contributed by atoms with Crippen molar-refractivity contribution in [3.63, 3.8) is 0 Å². The Balaban J connectivity index is 2.03. The van der Waals surface area contributed by atoms with Crippen molar-refractivity contribution in [3.8, 4) is 0 Å². The number of anilines is 1. The molecule has 0 aliphatic rings. The maximum Gasteiger partial charge on any atom is 0.288 e. The van der Waals surface area contributed by atoms with Crippen LogP contribution in [0.15, 0.2) is 47.6 Å². The summed E-state index contributed by atoms with van der Waals surface area (Å²) in [7, 11) is 0. The van der Waals surface area contributed by atoms with Crippen molar-refractivity contribution in [1.82, 2.24) is 5.43 Å². The first-order valence-electron chi connectivity index (χ1n) is 7.93. The second kappa shape index (κ2) is 8.73. The quantitative estimate of drug-likeness (QED) is 0.322. The molecule has 2 N–H and O–H groups in total. The number of nitrogens with zero attached hydrogens (tertiary/aromatic N) is 2. The third kappa shape index (κ3) is 5.24. The molecule has 0 aromatic heterocycles. The van der Waals surface area contributed by atoms with Crippen LogP contribution in [0.5, 0.6) is 0 Å². The van der Waals surface area contributed by atoms with Crippen molar-refractivity contribution < 1.29 is 4.92 Å². The summed E-state index contributed by atoms with van der Waals surface area (Å²) in [6.45, 7) is 5.99. The Morgan fingerprint density at radius 3 is 2.46 bits per heavy atom. The molecule has 6 nitrogen and oxygen atoms in total. The van der Waals surface area contributed by atoms with Crippen molar-refractivity contribution in [1.29, 1.82) is 0 Å². The molecule has 2 aromatic carbocycles. The van der Waals surface area contributed by atoms with E-state index in [1.54, 1.807) is 13.0 Å². The maximum atomic E-state index is 11.0. The van der Waals surface area contributed by atoms with E-state index in [4.69, 9.17) is 23.8 Å². The normalized spacial score (nSPS) is 11.3. The van der Waals surface area contributed by atoms with Gasteiger partial charge in [-0.15, -0.1) is 0 Å². The van der Waals surface area contributed by atoms with E-state index in [9.17, 15) is 10.1 Å². The molecule has 0 unspecified atom stereocenters. The number of thiocarbonyl (C=S) groups is 1. The summed E-state index contributed by atoms with van der Waals surface area (Å²) >= 11 is 11.0. The zero-order valence-electron chi connectivity index (χ0n) is 14.6. The molecule has 0 aliphatic heterocycles. The van der Waals surface area contributed by atoms with Crippen molar-refractivity contribution in [2.45, 2.75) is 26.7 Å². The number of hydrazone groups is 1. The number of nitro groups is 1. The van der Waals surface area contributed by atoms with Crippen LogP contribution in [-0.2, 0) is 0 Å². The fourth-order valence-electron chi connectivity index (χ4n) is 2.19. The molecule has 2 aromatic rings. The molecule has 0 aliphatic carbocycles. The lowest BCUT2D eigenvalue weighted by atomic mass is 10.0. The van der Waals surface area contributed by atoms with Crippen LogP contribution >= 0.6 is 23.8 Å². The largest absolute Gasteiger partial charge is 0.331 e. The lowest BCUT2D eigenvalue weighted by Crippen LogP contribution is -2.25. The number of nitrogens with one attached hydrogen (secondary N) is 2. The van der Waals surface area contributed by atoms with Crippen LogP contribution in [0.4, 0.5) is 11.4 Å². The highest BCUT2D eigenvalue weighted by molar-refractivity contribution is 7.80. The van der Waals surface area contributed by atoms with Gasteiger partial charge in [-0.3, -0.25) is 15.5 Å². The van der Waals surface area contributed by atoms with Crippen molar-refractivity contribution >= 4 is 46.0 Å². The van der Waals surface area contributed by atoms with Crippen LogP contribution in [0.3, 0.4) is 0 Å². The van der Waals surface area contributed by atoms with Gasteiger partial charge < -0.3 is 5.32 Å².